The number of allylic oxidation sites excluding steroid dienone is 2. The first kappa shape index (κ1) is 7.95. The fourth-order valence-corrected chi connectivity index (χ4v) is 2.98. The van der Waals surface area contributed by atoms with Gasteiger partial charge in [-0.1, -0.05) is 12.2 Å². The van der Waals surface area contributed by atoms with E-state index in [2.05, 4.69) is 28.6 Å². The first-order chi connectivity index (χ1) is 5.90. The molecule has 0 aromatic carbocycles. The van der Waals surface area contributed by atoms with Crippen LogP contribution in [0.2, 0.25) is 0 Å². The number of aromatic nitrogens is 1. The smallest absolute Gasteiger partial charge is 0.107 e. The predicted octanol–water partition coefficient (Wildman–Crippen LogP) is 3.48. The Morgan fingerprint density at radius 3 is 3.25 bits per heavy atom. The van der Waals surface area contributed by atoms with Crippen molar-refractivity contribution in [3.05, 3.63) is 28.6 Å². The van der Waals surface area contributed by atoms with Crippen LogP contribution in [0.1, 0.15) is 11.9 Å². The zero-order valence-electron chi connectivity index (χ0n) is 6.78. The standard InChI is InChI=1S/C9H9NS2/c1-2-3-4-8-10-7-5-6-11-9(7)12-8/h2-3,5-6H,4H2,1H3/b3-2+. The average Bonchev–Trinajstić information content (AvgIpc) is 2.58. The molecule has 12 heavy (non-hydrogen) atoms. The molecule has 0 aliphatic heterocycles. The van der Waals surface area contributed by atoms with Crippen LogP contribution in [0.15, 0.2) is 23.6 Å². The normalized spacial score (nSPS) is 11.8. The van der Waals surface area contributed by atoms with Gasteiger partial charge in [-0.05, 0) is 18.4 Å². The van der Waals surface area contributed by atoms with Crippen molar-refractivity contribution in [2.24, 2.45) is 0 Å². The van der Waals surface area contributed by atoms with Gasteiger partial charge in [-0.25, -0.2) is 4.98 Å². The van der Waals surface area contributed by atoms with Gasteiger partial charge in [0, 0.05) is 6.42 Å². The van der Waals surface area contributed by atoms with Crippen LogP contribution < -0.4 is 0 Å². The molecular formula is C9H9NS2. The highest BCUT2D eigenvalue weighted by Gasteiger charge is 2.01. The summed E-state index contributed by atoms with van der Waals surface area (Å²) in [6.07, 6.45) is 5.18. The maximum Gasteiger partial charge on any atom is 0.107 e. The lowest BCUT2D eigenvalue weighted by atomic mass is 10.4. The Kier molecular flexibility index (Phi) is 2.23. The van der Waals surface area contributed by atoms with E-state index in [1.165, 1.54) is 9.02 Å². The summed E-state index contributed by atoms with van der Waals surface area (Å²) in [5.41, 5.74) is 1.16. The number of nitrogens with zero attached hydrogens (tertiary/aromatic N) is 1. The largest absolute Gasteiger partial charge is 0.240 e. The van der Waals surface area contributed by atoms with Gasteiger partial charge in [0.2, 0.25) is 0 Å². The van der Waals surface area contributed by atoms with Crippen molar-refractivity contribution in [3.63, 3.8) is 0 Å². The van der Waals surface area contributed by atoms with E-state index in [0.29, 0.717) is 0 Å². The third kappa shape index (κ3) is 1.42. The van der Waals surface area contributed by atoms with E-state index in [1.54, 1.807) is 22.7 Å². The summed E-state index contributed by atoms with van der Waals surface area (Å²) in [4.78, 5) is 4.49. The fourth-order valence-electron chi connectivity index (χ4n) is 1.02. The van der Waals surface area contributed by atoms with Crippen LogP contribution in [0.5, 0.6) is 0 Å². The minimum atomic E-state index is 0.975. The number of fused-ring (bicyclic) bond motifs is 1. The Morgan fingerprint density at radius 2 is 2.50 bits per heavy atom. The molecule has 0 saturated heterocycles. The molecule has 2 heterocycles. The molecule has 0 aliphatic rings. The fraction of sp³-hybridized carbons (Fsp3) is 0.222. The Labute approximate surface area is 79.4 Å². The lowest BCUT2D eigenvalue weighted by molar-refractivity contribution is 1.21. The van der Waals surface area contributed by atoms with Crippen molar-refractivity contribution in [1.29, 1.82) is 0 Å². The summed E-state index contributed by atoms with van der Waals surface area (Å²) >= 11 is 3.57. The second kappa shape index (κ2) is 3.37. The molecule has 0 aliphatic carbocycles. The quantitative estimate of drug-likeness (QED) is 0.669. The van der Waals surface area contributed by atoms with E-state index >= 15 is 0 Å². The first-order valence-electron chi connectivity index (χ1n) is 3.84. The average molecular weight is 195 g/mol. The molecule has 0 fully saturated rings. The molecule has 2 aromatic rings. The molecule has 3 heteroatoms. The minimum Gasteiger partial charge on any atom is -0.240 e. The van der Waals surface area contributed by atoms with E-state index in [0.717, 1.165) is 11.9 Å². The monoisotopic (exact) mass is 195 g/mol. The predicted molar refractivity (Wildman–Crippen MR) is 56.0 cm³/mol. The molecule has 0 saturated carbocycles. The van der Waals surface area contributed by atoms with E-state index in [4.69, 9.17) is 0 Å². The van der Waals surface area contributed by atoms with Crippen LogP contribution in [0, 0.1) is 0 Å². The highest BCUT2D eigenvalue weighted by Crippen LogP contribution is 2.27. The molecule has 62 valence electrons. The number of hydrogen-bond acceptors (Lipinski definition) is 3. The van der Waals surface area contributed by atoms with Crippen molar-refractivity contribution < 1.29 is 0 Å². The molecule has 2 aromatic heterocycles. The summed E-state index contributed by atoms with van der Waals surface area (Å²) in [5, 5.41) is 3.31. The molecule has 0 N–H and O–H groups in total. The number of hydrogen-bond donors (Lipinski definition) is 0. The zero-order chi connectivity index (χ0) is 8.39. The van der Waals surface area contributed by atoms with Gasteiger partial charge in [0.05, 0.1) is 10.5 Å². The van der Waals surface area contributed by atoms with Crippen molar-refractivity contribution in [2.75, 3.05) is 0 Å². The van der Waals surface area contributed by atoms with Crippen LogP contribution >= 0.6 is 22.7 Å². The molecular weight excluding hydrogens is 186 g/mol. The van der Waals surface area contributed by atoms with Crippen LogP contribution in [0.3, 0.4) is 0 Å². The van der Waals surface area contributed by atoms with Crippen molar-refractivity contribution >= 4 is 32.2 Å². The van der Waals surface area contributed by atoms with E-state index < -0.39 is 0 Å². The highest BCUT2D eigenvalue weighted by atomic mass is 32.2. The zero-order valence-corrected chi connectivity index (χ0v) is 8.41. The van der Waals surface area contributed by atoms with Gasteiger partial charge in [-0.2, -0.15) is 0 Å². The molecule has 0 spiro atoms. The van der Waals surface area contributed by atoms with E-state index in [1.807, 2.05) is 6.92 Å². The Morgan fingerprint density at radius 1 is 1.58 bits per heavy atom. The van der Waals surface area contributed by atoms with Gasteiger partial charge in [0.25, 0.3) is 0 Å². The Bertz CT molecular complexity index is 369. The second-order valence-corrected chi connectivity index (χ2v) is 4.73. The van der Waals surface area contributed by atoms with Crippen molar-refractivity contribution in [1.82, 2.24) is 4.98 Å². The minimum absolute atomic E-state index is 0.975. The van der Waals surface area contributed by atoms with E-state index in [-0.39, 0.29) is 0 Å². The summed E-state index contributed by atoms with van der Waals surface area (Å²) in [6, 6.07) is 2.08. The molecule has 0 bridgehead atoms. The molecule has 2 rings (SSSR count). The Balaban J connectivity index is 2.32. The lowest BCUT2D eigenvalue weighted by Gasteiger charge is -1.83. The van der Waals surface area contributed by atoms with E-state index in [9.17, 15) is 0 Å². The van der Waals surface area contributed by atoms with Crippen LogP contribution in [0.4, 0.5) is 0 Å². The highest BCUT2D eigenvalue weighted by molar-refractivity contribution is 7.37. The molecule has 0 unspecified atom stereocenters. The van der Waals surface area contributed by atoms with Crippen LogP contribution in [0.25, 0.3) is 9.53 Å². The van der Waals surface area contributed by atoms with Gasteiger partial charge >= 0.3 is 0 Å². The number of thiophene rings is 1. The van der Waals surface area contributed by atoms with Crippen LogP contribution in [-0.4, -0.2) is 4.98 Å². The summed E-state index contributed by atoms with van der Waals surface area (Å²) < 4.78 is 1.34. The van der Waals surface area contributed by atoms with Gasteiger partial charge < -0.3 is 0 Å². The molecule has 0 amide bonds. The summed E-state index contributed by atoms with van der Waals surface area (Å²) in [5.74, 6) is 0. The third-order valence-electron chi connectivity index (χ3n) is 1.59. The van der Waals surface area contributed by atoms with Crippen molar-refractivity contribution in [2.45, 2.75) is 13.3 Å². The maximum absolute atomic E-state index is 4.49. The molecule has 0 atom stereocenters. The SMILES string of the molecule is C/C=C/Cc1nc2ccsc2s1. The first-order valence-corrected chi connectivity index (χ1v) is 5.54. The van der Waals surface area contributed by atoms with Gasteiger partial charge in [-0.3, -0.25) is 0 Å². The lowest BCUT2D eigenvalue weighted by Crippen LogP contribution is -1.75. The second-order valence-electron chi connectivity index (χ2n) is 2.47. The summed E-state index contributed by atoms with van der Waals surface area (Å²) in [7, 11) is 0. The van der Waals surface area contributed by atoms with Gasteiger partial charge in [0.15, 0.2) is 0 Å². The summed E-state index contributed by atoms with van der Waals surface area (Å²) in [6.45, 7) is 2.04. The molecule has 0 radical (unpaired) electrons. The third-order valence-corrected chi connectivity index (χ3v) is 3.72. The topological polar surface area (TPSA) is 12.9 Å². The Hall–Kier alpha value is -0.670. The van der Waals surface area contributed by atoms with Gasteiger partial charge in [-0.15, -0.1) is 22.7 Å². The number of thiazole rings is 1. The van der Waals surface area contributed by atoms with Gasteiger partial charge in [0.1, 0.15) is 4.01 Å². The van der Waals surface area contributed by atoms with Crippen LogP contribution in [-0.2, 0) is 6.42 Å². The number of rotatable bonds is 2. The van der Waals surface area contributed by atoms with Crippen molar-refractivity contribution in [3.8, 4) is 0 Å². The maximum atomic E-state index is 4.49. The molecule has 1 nitrogen and oxygen atoms in total.